The Hall–Kier alpha value is -2.89. The third kappa shape index (κ3) is 3.71. The van der Waals surface area contributed by atoms with Gasteiger partial charge in [-0.2, -0.15) is 0 Å². The molecule has 0 saturated carbocycles. The lowest BCUT2D eigenvalue weighted by Crippen LogP contribution is -2.06. The van der Waals surface area contributed by atoms with Crippen LogP contribution in [-0.4, -0.2) is 28.2 Å². The molecule has 1 aromatic heterocycles. The number of carbonyl (C=O) groups is 1. The zero-order chi connectivity index (χ0) is 17.7. The maximum absolute atomic E-state index is 11.5. The molecule has 6 nitrogen and oxygen atoms in total. The van der Waals surface area contributed by atoms with Gasteiger partial charge in [0.05, 0.1) is 12.7 Å². The number of aliphatic carboxylic acids is 1. The van der Waals surface area contributed by atoms with Gasteiger partial charge in [0.15, 0.2) is 0 Å². The van der Waals surface area contributed by atoms with Gasteiger partial charge in [0.2, 0.25) is 11.8 Å². The van der Waals surface area contributed by atoms with Gasteiger partial charge >= 0.3 is 5.97 Å². The number of methoxy groups -OCH3 is 1. The van der Waals surface area contributed by atoms with Crippen LogP contribution in [0.2, 0.25) is 0 Å². The van der Waals surface area contributed by atoms with E-state index >= 15 is 0 Å². The molecule has 0 spiro atoms. The van der Waals surface area contributed by atoms with Gasteiger partial charge in [-0.15, -0.1) is 0 Å². The number of rotatable bonds is 6. The maximum atomic E-state index is 11.5. The fourth-order valence-corrected chi connectivity index (χ4v) is 2.24. The summed E-state index contributed by atoms with van der Waals surface area (Å²) in [7, 11) is 1.42. The molecule has 6 heteroatoms. The lowest BCUT2D eigenvalue weighted by molar-refractivity contribution is -0.130. The minimum Gasteiger partial charge on any atom is -0.480 e. The Bertz CT molecular complexity index is 769. The van der Waals surface area contributed by atoms with Crippen LogP contribution in [0.1, 0.15) is 37.8 Å². The van der Waals surface area contributed by atoms with E-state index in [1.807, 2.05) is 18.2 Å². The first-order valence-electron chi connectivity index (χ1n) is 7.54. The number of ether oxygens (including phenoxy) is 2. The first kappa shape index (κ1) is 17.5. The Balaban J connectivity index is 2.51. The number of benzene rings is 1. The number of carboxylic acids is 1. The Morgan fingerprint density at radius 1 is 1.25 bits per heavy atom. The van der Waals surface area contributed by atoms with Crippen molar-refractivity contribution >= 4 is 11.5 Å². The predicted octanol–water partition coefficient (Wildman–Crippen LogP) is 3.89. The summed E-state index contributed by atoms with van der Waals surface area (Å²) in [5.74, 6) is 0.0993. The molecule has 24 heavy (non-hydrogen) atoms. The monoisotopic (exact) mass is 328 g/mol. The summed E-state index contributed by atoms with van der Waals surface area (Å²) in [6, 6.07) is 7.59. The van der Waals surface area contributed by atoms with E-state index in [0.717, 1.165) is 5.56 Å². The number of carboxylic acid groups (broad SMARTS) is 1. The molecule has 0 radical (unpaired) electrons. The first-order valence-corrected chi connectivity index (χ1v) is 7.54. The summed E-state index contributed by atoms with van der Waals surface area (Å²) >= 11 is 0. The van der Waals surface area contributed by atoms with Crippen molar-refractivity contribution in [2.45, 2.75) is 26.7 Å². The standard InChI is InChI=1S/C18H20N2O4/c1-5-14(18(21)22)15-16(23-4)19-10-20-17(15)24-13-8-6-7-12(9-13)11(2)3/h5-11H,1-4H3,(H,21,22). The number of hydrogen-bond donors (Lipinski definition) is 1. The van der Waals surface area contributed by atoms with Gasteiger partial charge in [0, 0.05) is 0 Å². The van der Waals surface area contributed by atoms with Gasteiger partial charge in [-0.1, -0.05) is 32.1 Å². The van der Waals surface area contributed by atoms with Gasteiger partial charge in [0.1, 0.15) is 17.6 Å². The molecule has 0 aliphatic carbocycles. The summed E-state index contributed by atoms with van der Waals surface area (Å²) in [5.41, 5.74) is 1.34. The Morgan fingerprint density at radius 2 is 1.96 bits per heavy atom. The molecule has 2 rings (SSSR count). The highest BCUT2D eigenvalue weighted by Gasteiger charge is 2.23. The third-order valence-corrected chi connectivity index (χ3v) is 3.50. The zero-order valence-corrected chi connectivity index (χ0v) is 14.1. The van der Waals surface area contributed by atoms with Crippen LogP contribution < -0.4 is 9.47 Å². The molecular weight excluding hydrogens is 308 g/mol. The highest BCUT2D eigenvalue weighted by atomic mass is 16.5. The largest absolute Gasteiger partial charge is 0.480 e. The van der Waals surface area contributed by atoms with Gasteiger partial charge in [0.25, 0.3) is 0 Å². The van der Waals surface area contributed by atoms with Crippen LogP contribution in [0.25, 0.3) is 5.57 Å². The minimum atomic E-state index is -1.11. The van der Waals surface area contributed by atoms with E-state index in [2.05, 4.69) is 23.8 Å². The molecule has 0 unspecified atom stereocenters. The minimum absolute atomic E-state index is 0.0162. The topological polar surface area (TPSA) is 81.5 Å². The van der Waals surface area contributed by atoms with Crippen LogP contribution in [-0.2, 0) is 4.79 Å². The van der Waals surface area contributed by atoms with Gasteiger partial charge in [-0.3, -0.25) is 0 Å². The lowest BCUT2D eigenvalue weighted by Gasteiger charge is -2.14. The molecule has 1 N–H and O–H groups in total. The second-order valence-electron chi connectivity index (χ2n) is 5.40. The van der Waals surface area contributed by atoms with E-state index in [0.29, 0.717) is 11.7 Å². The Labute approximate surface area is 140 Å². The molecule has 1 heterocycles. The quantitative estimate of drug-likeness (QED) is 0.810. The van der Waals surface area contributed by atoms with E-state index in [9.17, 15) is 9.90 Å². The molecule has 0 saturated heterocycles. The maximum Gasteiger partial charge on any atom is 0.336 e. The normalized spacial score (nSPS) is 11.5. The zero-order valence-electron chi connectivity index (χ0n) is 14.1. The second kappa shape index (κ2) is 7.59. The Kier molecular flexibility index (Phi) is 5.52. The van der Waals surface area contributed by atoms with Crippen molar-refractivity contribution in [3.05, 3.63) is 47.8 Å². The van der Waals surface area contributed by atoms with Crippen LogP contribution in [0.5, 0.6) is 17.5 Å². The van der Waals surface area contributed by atoms with Crippen molar-refractivity contribution in [2.24, 2.45) is 0 Å². The van der Waals surface area contributed by atoms with Crippen molar-refractivity contribution in [3.63, 3.8) is 0 Å². The lowest BCUT2D eigenvalue weighted by atomic mass is 10.0. The smallest absolute Gasteiger partial charge is 0.336 e. The van der Waals surface area contributed by atoms with E-state index in [4.69, 9.17) is 9.47 Å². The van der Waals surface area contributed by atoms with Crippen molar-refractivity contribution in [1.29, 1.82) is 0 Å². The molecule has 1 aromatic carbocycles. The van der Waals surface area contributed by atoms with Crippen molar-refractivity contribution in [2.75, 3.05) is 7.11 Å². The summed E-state index contributed by atoms with van der Waals surface area (Å²) < 4.78 is 11.0. The average Bonchev–Trinajstić information content (AvgIpc) is 2.56. The summed E-state index contributed by atoms with van der Waals surface area (Å²) in [5, 5.41) is 9.42. The van der Waals surface area contributed by atoms with Crippen LogP contribution in [0, 0.1) is 0 Å². The van der Waals surface area contributed by atoms with E-state index in [1.54, 1.807) is 13.0 Å². The molecule has 0 amide bonds. The molecule has 126 valence electrons. The molecular formula is C18H20N2O4. The SMILES string of the molecule is CC=C(C(=O)O)c1c(OC)ncnc1Oc1cccc(C(C)C)c1. The number of hydrogen-bond acceptors (Lipinski definition) is 5. The highest BCUT2D eigenvalue weighted by Crippen LogP contribution is 2.34. The van der Waals surface area contributed by atoms with E-state index in [-0.39, 0.29) is 22.9 Å². The molecule has 0 aliphatic rings. The molecule has 2 aromatic rings. The van der Waals surface area contributed by atoms with Crippen LogP contribution in [0.4, 0.5) is 0 Å². The predicted molar refractivity (Wildman–Crippen MR) is 90.5 cm³/mol. The fraction of sp³-hybridized carbons (Fsp3) is 0.278. The third-order valence-electron chi connectivity index (χ3n) is 3.50. The second-order valence-corrected chi connectivity index (χ2v) is 5.40. The summed E-state index contributed by atoms with van der Waals surface area (Å²) in [4.78, 5) is 19.6. The number of aromatic nitrogens is 2. The van der Waals surface area contributed by atoms with Crippen LogP contribution >= 0.6 is 0 Å². The van der Waals surface area contributed by atoms with Crippen molar-refractivity contribution in [3.8, 4) is 17.5 Å². The number of allylic oxidation sites excluding steroid dienone is 1. The van der Waals surface area contributed by atoms with Gasteiger partial charge < -0.3 is 14.6 Å². The van der Waals surface area contributed by atoms with E-state index < -0.39 is 5.97 Å². The molecule has 0 bridgehead atoms. The van der Waals surface area contributed by atoms with Crippen molar-refractivity contribution in [1.82, 2.24) is 9.97 Å². The Morgan fingerprint density at radius 3 is 2.54 bits per heavy atom. The van der Waals surface area contributed by atoms with Crippen LogP contribution in [0.3, 0.4) is 0 Å². The van der Waals surface area contributed by atoms with Crippen molar-refractivity contribution < 1.29 is 19.4 Å². The van der Waals surface area contributed by atoms with Gasteiger partial charge in [-0.25, -0.2) is 14.8 Å². The number of nitrogens with zero attached hydrogens (tertiary/aromatic N) is 2. The van der Waals surface area contributed by atoms with E-state index in [1.165, 1.54) is 19.5 Å². The molecule has 0 atom stereocenters. The molecule has 0 fully saturated rings. The summed E-state index contributed by atoms with van der Waals surface area (Å²) in [6.45, 7) is 5.79. The fourth-order valence-electron chi connectivity index (χ4n) is 2.24. The highest BCUT2D eigenvalue weighted by molar-refractivity contribution is 6.16. The van der Waals surface area contributed by atoms with Gasteiger partial charge in [-0.05, 0) is 30.5 Å². The molecule has 0 aliphatic heterocycles. The first-order chi connectivity index (χ1) is 11.5. The average molecular weight is 328 g/mol. The summed E-state index contributed by atoms with van der Waals surface area (Å²) in [6.07, 6.45) is 2.74. The van der Waals surface area contributed by atoms with Crippen LogP contribution in [0.15, 0.2) is 36.7 Å².